The van der Waals surface area contributed by atoms with Gasteiger partial charge in [0.1, 0.15) is 5.69 Å². The third-order valence-corrected chi connectivity index (χ3v) is 2.94. The van der Waals surface area contributed by atoms with Crippen LogP contribution in [-0.2, 0) is 12.6 Å². The summed E-state index contributed by atoms with van der Waals surface area (Å²) in [5, 5.41) is 11.7. The van der Waals surface area contributed by atoms with Crippen molar-refractivity contribution in [2.45, 2.75) is 31.7 Å². The maximum absolute atomic E-state index is 4.19. The third kappa shape index (κ3) is 1.35. The molecule has 0 bridgehead atoms. The van der Waals surface area contributed by atoms with E-state index in [2.05, 4.69) is 22.6 Å². The Morgan fingerprint density at radius 3 is 3.00 bits per heavy atom. The van der Waals surface area contributed by atoms with Crippen LogP contribution in [0.1, 0.15) is 31.9 Å². The summed E-state index contributed by atoms with van der Waals surface area (Å²) in [7, 11) is 1.91. The Balaban J connectivity index is 2.30. The predicted octanol–water partition coefficient (Wildman–Crippen LogP) is 0.804. The second-order valence-electron chi connectivity index (χ2n) is 3.74. The van der Waals surface area contributed by atoms with E-state index in [9.17, 15) is 0 Å². The van der Waals surface area contributed by atoms with Gasteiger partial charge >= 0.3 is 0 Å². The van der Waals surface area contributed by atoms with Gasteiger partial charge in [0.15, 0.2) is 0 Å². The molecule has 0 aromatic carbocycles. The summed E-state index contributed by atoms with van der Waals surface area (Å²) < 4.78 is 1.77. The number of aromatic nitrogens is 3. The lowest BCUT2D eigenvalue weighted by Gasteiger charge is -2.24. The molecule has 0 amide bonds. The molecule has 2 rings (SSSR count). The number of rotatable bonds is 2. The Labute approximate surface area is 78.3 Å². The van der Waals surface area contributed by atoms with Crippen molar-refractivity contribution in [1.29, 1.82) is 0 Å². The molecule has 0 spiro atoms. The van der Waals surface area contributed by atoms with Gasteiger partial charge in [-0.15, -0.1) is 5.10 Å². The van der Waals surface area contributed by atoms with Crippen LogP contribution in [0, 0.1) is 0 Å². The summed E-state index contributed by atoms with van der Waals surface area (Å²) >= 11 is 0. The van der Waals surface area contributed by atoms with E-state index in [4.69, 9.17) is 0 Å². The quantitative estimate of drug-likeness (QED) is 0.732. The average Bonchev–Trinajstić information content (AvgIpc) is 2.73. The van der Waals surface area contributed by atoms with Gasteiger partial charge in [-0.3, -0.25) is 4.68 Å². The van der Waals surface area contributed by atoms with E-state index in [1.165, 1.54) is 12.8 Å². The van der Waals surface area contributed by atoms with Crippen molar-refractivity contribution in [3.05, 3.63) is 11.9 Å². The Hall–Kier alpha value is -0.900. The zero-order valence-corrected chi connectivity index (χ0v) is 8.25. The van der Waals surface area contributed by atoms with E-state index in [0.717, 1.165) is 18.7 Å². The van der Waals surface area contributed by atoms with Gasteiger partial charge in [-0.2, -0.15) is 0 Å². The zero-order valence-electron chi connectivity index (χ0n) is 8.25. The summed E-state index contributed by atoms with van der Waals surface area (Å²) in [4.78, 5) is 0. The molecule has 1 saturated heterocycles. The summed E-state index contributed by atoms with van der Waals surface area (Å²) in [6.07, 6.45) is 5.53. The van der Waals surface area contributed by atoms with E-state index in [-0.39, 0.29) is 5.54 Å². The zero-order chi connectivity index (χ0) is 9.31. The molecule has 1 N–H and O–H groups in total. The van der Waals surface area contributed by atoms with Gasteiger partial charge in [0, 0.05) is 13.2 Å². The SMILES string of the molecule is CCC1(c2cn(C)nn2)CCCN1. The highest BCUT2D eigenvalue weighted by Gasteiger charge is 2.35. The van der Waals surface area contributed by atoms with E-state index in [1.807, 2.05) is 13.2 Å². The summed E-state index contributed by atoms with van der Waals surface area (Å²) in [5.41, 5.74) is 1.20. The van der Waals surface area contributed by atoms with Gasteiger partial charge < -0.3 is 5.32 Å². The Bertz CT molecular complexity index is 286. The van der Waals surface area contributed by atoms with E-state index in [1.54, 1.807) is 4.68 Å². The van der Waals surface area contributed by atoms with Crippen LogP contribution in [0.25, 0.3) is 0 Å². The maximum atomic E-state index is 4.19. The van der Waals surface area contributed by atoms with Crippen LogP contribution in [0.3, 0.4) is 0 Å². The fourth-order valence-corrected chi connectivity index (χ4v) is 2.07. The molecule has 1 aliphatic heterocycles. The highest BCUT2D eigenvalue weighted by molar-refractivity contribution is 5.12. The number of nitrogens with zero attached hydrogens (tertiary/aromatic N) is 3. The van der Waals surface area contributed by atoms with Crippen molar-refractivity contribution in [2.24, 2.45) is 7.05 Å². The normalized spacial score (nSPS) is 28.2. The second kappa shape index (κ2) is 3.10. The van der Waals surface area contributed by atoms with Gasteiger partial charge in [0.05, 0.1) is 5.54 Å². The fraction of sp³-hybridized carbons (Fsp3) is 0.778. The molecular weight excluding hydrogens is 164 g/mol. The van der Waals surface area contributed by atoms with Crippen molar-refractivity contribution >= 4 is 0 Å². The highest BCUT2D eigenvalue weighted by Crippen LogP contribution is 2.32. The topological polar surface area (TPSA) is 42.7 Å². The van der Waals surface area contributed by atoms with Crippen LogP contribution in [0.15, 0.2) is 6.20 Å². The molecule has 0 saturated carbocycles. The first kappa shape index (κ1) is 8.69. The molecule has 0 aliphatic carbocycles. The Morgan fingerprint density at radius 2 is 2.54 bits per heavy atom. The molecule has 72 valence electrons. The van der Waals surface area contributed by atoms with E-state index >= 15 is 0 Å². The van der Waals surface area contributed by atoms with Crippen LogP contribution in [-0.4, -0.2) is 21.5 Å². The molecule has 4 heteroatoms. The number of aryl methyl sites for hydroxylation is 1. The van der Waals surface area contributed by atoms with Gasteiger partial charge in [-0.05, 0) is 25.8 Å². The lowest BCUT2D eigenvalue weighted by Crippen LogP contribution is -2.36. The lowest BCUT2D eigenvalue weighted by atomic mass is 9.91. The Kier molecular flexibility index (Phi) is 2.07. The summed E-state index contributed by atoms with van der Waals surface area (Å²) in [6, 6.07) is 0. The molecule has 13 heavy (non-hydrogen) atoms. The predicted molar refractivity (Wildman–Crippen MR) is 50.2 cm³/mol. The van der Waals surface area contributed by atoms with E-state index in [0.29, 0.717) is 0 Å². The first-order chi connectivity index (χ1) is 6.27. The number of nitrogens with one attached hydrogen (secondary N) is 1. The highest BCUT2D eigenvalue weighted by atomic mass is 15.4. The fourth-order valence-electron chi connectivity index (χ4n) is 2.07. The number of hydrogen-bond acceptors (Lipinski definition) is 3. The molecule has 1 unspecified atom stereocenters. The molecule has 2 heterocycles. The average molecular weight is 180 g/mol. The minimum Gasteiger partial charge on any atom is -0.306 e. The van der Waals surface area contributed by atoms with Crippen LogP contribution in [0.5, 0.6) is 0 Å². The van der Waals surface area contributed by atoms with Gasteiger partial charge in [-0.25, -0.2) is 0 Å². The van der Waals surface area contributed by atoms with Crippen molar-refractivity contribution in [1.82, 2.24) is 20.3 Å². The minimum absolute atomic E-state index is 0.105. The number of hydrogen-bond donors (Lipinski definition) is 1. The van der Waals surface area contributed by atoms with Crippen LogP contribution >= 0.6 is 0 Å². The molecule has 0 radical (unpaired) electrons. The smallest absolute Gasteiger partial charge is 0.103 e. The van der Waals surface area contributed by atoms with Gasteiger partial charge in [0.25, 0.3) is 0 Å². The third-order valence-electron chi connectivity index (χ3n) is 2.94. The van der Waals surface area contributed by atoms with Crippen LogP contribution < -0.4 is 5.32 Å². The summed E-state index contributed by atoms with van der Waals surface area (Å²) in [5.74, 6) is 0. The first-order valence-corrected chi connectivity index (χ1v) is 4.89. The minimum atomic E-state index is 0.105. The second-order valence-corrected chi connectivity index (χ2v) is 3.74. The molecule has 1 atom stereocenters. The van der Waals surface area contributed by atoms with Crippen molar-refractivity contribution < 1.29 is 0 Å². The lowest BCUT2D eigenvalue weighted by molar-refractivity contribution is 0.364. The molecule has 1 aromatic heterocycles. The van der Waals surface area contributed by atoms with Crippen LogP contribution in [0.4, 0.5) is 0 Å². The largest absolute Gasteiger partial charge is 0.306 e. The van der Waals surface area contributed by atoms with Crippen molar-refractivity contribution in [3.63, 3.8) is 0 Å². The molecule has 1 aliphatic rings. The molecule has 1 fully saturated rings. The van der Waals surface area contributed by atoms with Gasteiger partial charge in [-0.1, -0.05) is 12.1 Å². The molecule has 4 nitrogen and oxygen atoms in total. The van der Waals surface area contributed by atoms with Crippen molar-refractivity contribution in [2.75, 3.05) is 6.54 Å². The van der Waals surface area contributed by atoms with E-state index < -0.39 is 0 Å². The van der Waals surface area contributed by atoms with Crippen molar-refractivity contribution in [3.8, 4) is 0 Å². The molecular formula is C9H16N4. The standard InChI is InChI=1S/C9H16N4/c1-3-9(5-4-6-10-9)8-7-13(2)12-11-8/h7,10H,3-6H2,1-2H3. The summed E-state index contributed by atoms with van der Waals surface area (Å²) in [6.45, 7) is 3.30. The Morgan fingerprint density at radius 1 is 1.69 bits per heavy atom. The first-order valence-electron chi connectivity index (χ1n) is 4.89. The van der Waals surface area contributed by atoms with Crippen LogP contribution in [0.2, 0.25) is 0 Å². The molecule has 1 aromatic rings. The monoisotopic (exact) mass is 180 g/mol. The maximum Gasteiger partial charge on any atom is 0.103 e. The van der Waals surface area contributed by atoms with Gasteiger partial charge in [0.2, 0.25) is 0 Å².